The third kappa shape index (κ3) is 4.73. The Hall–Kier alpha value is -2.94. The van der Waals surface area contributed by atoms with E-state index in [0.717, 1.165) is 55.9 Å². The first-order chi connectivity index (χ1) is 15.8. The molecule has 0 radical (unpaired) electrons. The molecule has 0 bridgehead atoms. The number of carbonyl (C=O) groups excluding carboxylic acids is 1. The summed E-state index contributed by atoms with van der Waals surface area (Å²) in [6.07, 6.45) is 7.91. The second kappa shape index (κ2) is 9.51. The van der Waals surface area contributed by atoms with E-state index in [-0.39, 0.29) is 23.9 Å². The summed E-state index contributed by atoms with van der Waals surface area (Å²) < 4.78 is 1.70. The Morgan fingerprint density at radius 3 is 2.73 bits per heavy atom. The molecule has 2 N–H and O–H groups in total. The van der Waals surface area contributed by atoms with Crippen molar-refractivity contribution in [2.75, 3.05) is 19.6 Å². The minimum Gasteiger partial charge on any atom is -0.355 e. The predicted molar refractivity (Wildman–Crippen MR) is 131 cm³/mol. The van der Waals surface area contributed by atoms with Crippen LogP contribution in [0.25, 0.3) is 0 Å². The number of aryl methyl sites for hydroxylation is 1. The summed E-state index contributed by atoms with van der Waals surface area (Å²) >= 11 is 0. The molecule has 1 amide bonds. The van der Waals surface area contributed by atoms with Gasteiger partial charge in [0.15, 0.2) is 5.82 Å². The van der Waals surface area contributed by atoms with E-state index in [2.05, 4.69) is 41.7 Å². The van der Waals surface area contributed by atoms with Crippen LogP contribution in [0.5, 0.6) is 0 Å². The van der Waals surface area contributed by atoms with E-state index in [1.54, 1.807) is 9.69 Å². The lowest BCUT2D eigenvalue weighted by Crippen LogP contribution is -2.44. The lowest BCUT2D eigenvalue weighted by molar-refractivity contribution is 0.0650. The lowest BCUT2D eigenvalue weighted by atomic mass is 10.0. The number of rotatable bonds is 4. The molecule has 1 aromatic rings. The summed E-state index contributed by atoms with van der Waals surface area (Å²) in [5, 5.41) is 10.4. The summed E-state index contributed by atoms with van der Waals surface area (Å²) in [6, 6.07) is 2.02. The average molecular weight is 453 g/mol. The third-order valence-corrected chi connectivity index (χ3v) is 6.66. The van der Waals surface area contributed by atoms with Crippen molar-refractivity contribution >= 4 is 18.5 Å². The molecule has 4 heterocycles. The molecule has 33 heavy (non-hydrogen) atoms. The van der Waals surface area contributed by atoms with Crippen LogP contribution in [-0.2, 0) is 7.05 Å². The zero-order valence-corrected chi connectivity index (χ0v) is 20.2. The molecule has 4 rings (SSSR count). The number of hydrazone groups is 1. The van der Waals surface area contributed by atoms with Gasteiger partial charge in [0.05, 0.1) is 11.7 Å². The van der Waals surface area contributed by atoms with Gasteiger partial charge >= 0.3 is 0 Å². The highest BCUT2D eigenvalue weighted by Crippen LogP contribution is 2.27. The SMILES string of the molecule is C=NN1C=C(C)C(N2CC[C@H](N)C2)=N/C1=C/C1CCCCN1C(=O)c1cc(C(C)C)nn1C. The summed E-state index contributed by atoms with van der Waals surface area (Å²) in [7, 11) is 1.84. The molecular weight excluding hydrogens is 416 g/mol. The normalized spacial score (nSPS) is 25.0. The summed E-state index contributed by atoms with van der Waals surface area (Å²) in [4.78, 5) is 22.7. The number of likely N-dealkylation sites (tertiary alicyclic amines) is 2. The van der Waals surface area contributed by atoms with Gasteiger partial charge in [0.25, 0.3) is 5.91 Å². The van der Waals surface area contributed by atoms with Gasteiger partial charge in [-0.3, -0.25) is 9.48 Å². The Morgan fingerprint density at radius 1 is 1.30 bits per heavy atom. The van der Waals surface area contributed by atoms with Gasteiger partial charge in [0.1, 0.15) is 11.5 Å². The molecule has 3 aliphatic heterocycles. The van der Waals surface area contributed by atoms with Crippen molar-refractivity contribution in [3.8, 4) is 0 Å². The van der Waals surface area contributed by atoms with Crippen molar-refractivity contribution in [1.29, 1.82) is 0 Å². The third-order valence-electron chi connectivity index (χ3n) is 6.66. The van der Waals surface area contributed by atoms with Crippen LogP contribution in [0.4, 0.5) is 0 Å². The molecule has 0 spiro atoms. The van der Waals surface area contributed by atoms with Crippen LogP contribution >= 0.6 is 0 Å². The highest BCUT2D eigenvalue weighted by molar-refractivity contribution is 5.99. The van der Waals surface area contributed by atoms with Gasteiger partial charge < -0.3 is 15.5 Å². The molecule has 2 saturated heterocycles. The number of amidine groups is 1. The van der Waals surface area contributed by atoms with Crippen molar-refractivity contribution in [2.45, 2.75) is 64.5 Å². The first-order valence-electron chi connectivity index (χ1n) is 11.9. The Labute approximate surface area is 196 Å². The number of hydrogen-bond acceptors (Lipinski definition) is 7. The van der Waals surface area contributed by atoms with E-state index in [1.165, 1.54) is 0 Å². The highest BCUT2D eigenvalue weighted by Gasteiger charge is 2.31. The maximum Gasteiger partial charge on any atom is 0.272 e. The van der Waals surface area contributed by atoms with Gasteiger partial charge in [-0.1, -0.05) is 13.8 Å². The van der Waals surface area contributed by atoms with Gasteiger partial charge in [-0.2, -0.15) is 10.2 Å². The zero-order valence-electron chi connectivity index (χ0n) is 20.2. The van der Waals surface area contributed by atoms with Crippen LogP contribution in [0.15, 0.2) is 39.8 Å². The molecule has 0 saturated carbocycles. The number of piperidine rings is 1. The topological polar surface area (TPSA) is 95.3 Å². The van der Waals surface area contributed by atoms with Gasteiger partial charge in [0, 0.05) is 51.2 Å². The van der Waals surface area contributed by atoms with Crippen LogP contribution < -0.4 is 5.73 Å². The number of aromatic nitrogens is 2. The summed E-state index contributed by atoms with van der Waals surface area (Å²) in [5.41, 5.74) is 8.72. The van der Waals surface area contributed by atoms with Crippen LogP contribution in [-0.4, -0.2) is 74.8 Å². The average Bonchev–Trinajstić information content (AvgIpc) is 3.40. The van der Waals surface area contributed by atoms with E-state index in [1.807, 2.05) is 31.1 Å². The van der Waals surface area contributed by atoms with E-state index < -0.39 is 0 Å². The Balaban J connectivity index is 1.64. The molecule has 3 aliphatic rings. The molecular formula is C24H36N8O. The van der Waals surface area contributed by atoms with Crippen molar-refractivity contribution in [2.24, 2.45) is 22.9 Å². The first kappa shape index (κ1) is 23.2. The number of nitrogens with two attached hydrogens (primary N) is 1. The van der Waals surface area contributed by atoms with Crippen LogP contribution in [0, 0.1) is 0 Å². The van der Waals surface area contributed by atoms with E-state index in [0.29, 0.717) is 18.1 Å². The first-order valence-corrected chi connectivity index (χ1v) is 11.9. The minimum absolute atomic E-state index is 0.00816. The molecule has 178 valence electrons. The summed E-state index contributed by atoms with van der Waals surface area (Å²) in [6.45, 7) is 12.3. The quantitative estimate of drug-likeness (QED) is 0.709. The van der Waals surface area contributed by atoms with E-state index in [4.69, 9.17) is 10.7 Å². The zero-order chi connectivity index (χ0) is 23.7. The largest absolute Gasteiger partial charge is 0.355 e. The smallest absolute Gasteiger partial charge is 0.272 e. The fourth-order valence-corrected chi connectivity index (χ4v) is 4.76. The Bertz CT molecular complexity index is 1000. The lowest BCUT2D eigenvalue weighted by Gasteiger charge is -2.35. The Kier molecular flexibility index (Phi) is 6.69. The van der Waals surface area contributed by atoms with Gasteiger partial charge in [0.2, 0.25) is 0 Å². The van der Waals surface area contributed by atoms with E-state index >= 15 is 0 Å². The minimum atomic E-state index is -0.0689. The number of carbonyl (C=O) groups is 1. The van der Waals surface area contributed by atoms with Gasteiger partial charge in [-0.25, -0.2) is 10.0 Å². The maximum absolute atomic E-state index is 13.5. The van der Waals surface area contributed by atoms with Crippen LogP contribution in [0.2, 0.25) is 0 Å². The van der Waals surface area contributed by atoms with Crippen molar-refractivity contribution in [3.63, 3.8) is 0 Å². The Morgan fingerprint density at radius 2 is 2.09 bits per heavy atom. The molecule has 0 aliphatic carbocycles. The molecule has 0 aromatic carbocycles. The van der Waals surface area contributed by atoms with Crippen LogP contribution in [0.1, 0.15) is 68.6 Å². The molecule has 1 unspecified atom stereocenters. The molecule has 2 fully saturated rings. The van der Waals surface area contributed by atoms with Crippen molar-refractivity contribution < 1.29 is 4.79 Å². The predicted octanol–water partition coefficient (Wildman–Crippen LogP) is 2.65. The van der Waals surface area contributed by atoms with Crippen molar-refractivity contribution in [1.82, 2.24) is 24.6 Å². The second-order valence-electron chi connectivity index (χ2n) is 9.55. The van der Waals surface area contributed by atoms with Crippen molar-refractivity contribution in [3.05, 3.63) is 41.1 Å². The number of aliphatic imine (C=N–C) groups is 1. The van der Waals surface area contributed by atoms with Crippen LogP contribution in [0.3, 0.4) is 0 Å². The maximum atomic E-state index is 13.5. The van der Waals surface area contributed by atoms with Gasteiger partial charge in [-0.05, 0) is 50.7 Å². The molecule has 9 heteroatoms. The summed E-state index contributed by atoms with van der Waals surface area (Å²) in [5.74, 6) is 1.90. The standard InChI is InChI=1S/C24H36N8O/c1-16(2)20-13-21(29(5)28-20)24(33)31-10-7-6-8-19(31)12-22-27-23(17(3)14-32(22)26-4)30-11-9-18(25)15-30/h12-14,16,18-19H,4,6-11,15,25H2,1-3,5H3/b22-12-/t18-,19?/m0/s1. The molecule has 2 atom stereocenters. The number of nitrogens with zero attached hydrogens (tertiary/aromatic N) is 7. The fraction of sp³-hybridized carbons (Fsp3) is 0.583. The van der Waals surface area contributed by atoms with Gasteiger partial charge in [-0.15, -0.1) is 0 Å². The molecule has 1 aromatic heterocycles. The number of hydrogen-bond donors (Lipinski definition) is 1. The van der Waals surface area contributed by atoms with E-state index in [9.17, 15) is 4.79 Å². The molecule has 9 nitrogen and oxygen atoms in total. The highest BCUT2D eigenvalue weighted by atomic mass is 16.2. The number of amides is 1. The monoisotopic (exact) mass is 452 g/mol. The second-order valence-corrected chi connectivity index (χ2v) is 9.55. The fourth-order valence-electron chi connectivity index (χ4n) is 4.76.